The number of aliphatic imine (C=N–C) groups is 1. The van der Waals surface area contributed by atoms with E-state index in [-0.39, 0.29) is 30.0 Å². The Labute approximate surface area is 173 Å². The molecule has 144 valence electrons. The second-order valence-electron chi connectivity index (χ2n) is 5.19. The molecule has 2 N–H and O–H groups in total. The molecule has 0 saturated heterocycles. The molecule has 0 bridgehead atoms. The number of halogens is 1. The molecule has 0 fully saturated rings. The summed E-state index contributed by atoms with van der Waals surface area (Å²) in [7, 11) is 0. The van der Waals surface area contributed by atoms with Gasteiger partial charge >= 0.3 is 0 Å². The lowest BCUT2D eigenvalue weighted by Crippen LogP contribution is -2.38. The second-order valence-corrected chi connectivity index (χ2v) is 6.18. The van der Waals surface area contributed by atoms with Crippen molar-refractivity contribution in [1.82, 2.24) is 10.6 Å². The smallest absolute Gasteiger partial charge is 0.191 e. The van der Waals surface area contributed by atoms with Crippen molar-refractivity contribution in [3.63, 3.8) is 0 Å². The summed E-state index contributed by atoms with van der Waals surface area (Å²) >= 11 is 1.80. The van der Waals surface area contributed by atoms with Crippen LogP contribution in [0, 0.1) is 0 Å². The highest BCUT2D eigenvalue weighted by molar-refractivity contribution is 14.0. The maximum Gasteiger partial charge on any atom is 0.191 e. The molecule has 1 rings (SSSR count). The first kappa shape index (κ1) is 24.2. The van der Waals surface area contributed by atoms with Crippen molar-refractivity contribution in [1.29, 1.82) is 0 Å². The van der Waals surface area contributed by atoms with Gasteiger partial charge in [0.1, 0.15) is 0 Å². The molecule has 1 aromatic carbocycles. The van der Waals surface area contributed by atoms with E-state index in [1.54, 1.807) is 11.8 Å². The lowest BCUT2D eigenvalue weighted by atomic mass is 10.1. The van der Waals surface area contributed by atoms with E-state index >= 15 is 0 Å². The van der Waals surface area contributed by atoms with E-state index in [4.69, 9.17) is 9.47 Å². The first-order chi connectivity index (χ1) is 11.7. The number of hydrogen-bond donors (Lipinski definition) is 2. The van der Waals surface area contributed by atoms with Crippen LogP contribution < -0.4 is 20.1 Å². The van der Waals surface area contributed by atoms with E-state index in [0.717, 1.165) is 41.9 Å². The molecule has 0 aliphatic rings. The summed E-state index contributed by atoms with van der Waals surface area (Å²) in [5.41, 5.74) is 1.14. The molecule has 5 nitrogen and oxygen atoms in total. The van der Waals surface area contributed by atoms with Crippen LogP contribution in [0.25, 0.3) is 0 Å². The van der Waals surface area contributed by atoms with Gasteiger partial charge in [0.25, 0.3) is 0 Å². The Balaban J connectivity index is 0.00000576. The summed E-state index contributed by atoms with van der Waals surface area (Å²) in [6.07, 6.45) is 2.09. The van der Waals surface area contributed by atoms with Crippen molar-refractivity contribution >= 4 is 41.7 Å². The summed E-state index contributed by atoms with van der Waals surface area (Å²) in [5, 5.41) is 6.73. The molecule has 0 radical (unpaired) electrons. The number of benzene rings is 1. The molecule has 0 amide bonds. The molecule has 0 heterocycles. The van der Waals surface area contributed by atoms with Crippen LogP contribution in [0.15, 0.2) is 23.2 Å². The van der Waals surface area contributed by atoms with Crippen LogP contribution >= 0.6 is 35.7 Å². The fourth-order valence-electron chi connectivity index (χ4n) is 2.19. The third kappa shape index (κ3) is 8.89. The van der Waals surface area contributed by atoms with Gasteiger partial charge in [-0.1, -0.05) is 6.07 Å². The summed E-state index contributed by atoms with van der Waals surface area (Å²) < 4.78 is 11.3. The first-order valence-electron chi connectivity index (χ1n) is 8.59. The lowest BCUT2D eigenvalue weighted by molar-refractivity contribution is 0.287. The molecule has 0 saturated carbocycles. The summed E-state index contributed by atoms with van der Waals surface area (Å²) in [6.45, 7) is 11.0. The minimum Gasteiger partial charge on any atom is -0.490 e. The minimum atomic E-state index is 0. The molecular weight excluding hydrogens is 449 g/mol. The van der Waals surface area contributed by atoms with E-state index in [1.165, 1.54) is 0 Å². The maximum absolute atomic E-state index is 5.71. The normalized spacial score (nSPS) is 12.1. The third-order valence-electron chi connectivity index (χ3n) is 3.33. The van der Waals surface area contributed by atoms with Crippen molar-refractivity contribution in [3.8, 4) is 11.5 Å². The lowest BCUT2D eigenvalue weighted by Gasteiger charge is -2.20. The number of thioether (sulfide) groups is 1. The molecule has 25 heavy (non-hydrogen) atoms. The van der Waals surface area contributed by atoms with E-state index in [0.29, 0.717) is 13.2 Å². The van der Waals surface area contributed by atoms with Crippen LogP contribution in [-0.2, 0) is 0 Å². The largest absolute Gasteiger partial charge is 0.490 e. The molecule has 0 aliphatic heterocycles. The van der Waals surface area contributed by atoms with Gasteiger partial charge in [0.15, 0.2) is 17.5 Å². The summed E-state index contributed by atoms with van der Waals surface area (Å²) in [6, 6.07) is 6.19. The van der Waals surface area contributed by atoms with Crippen LogP contribution in [0.3, 0.4) is 0 Å². The number of hydrogen-bond acceptors (Lipinski definition) is 4. The average Bonchev–Trinajstić information content (AvgIpc) is 2.57. The van der Waals surface area contributed by atoms with E-state index in [2.05, 4.69) is 41.8 Å². The summed E-state index contributed by atoms with van der Waals surface area (Å²) in [4.78, 5) is 4.59. The third-order valence-corrected chi connectivity index (χ3v) is 3.92. The molecule has 1 unspecified atom stereocenters. The number of guanidine groups is 1. The van der Waals surface area contributed by atoms with Crippen molar-refractivity contribution in [3.05, 3.63) is 23.8 Å². The Morgan fingerprint density at radius 1 is 1.16 bits per heavy atom. The zero-order valence-electron chi connectivity index (χ0n) is 15.9. The quantitative estimate of drug-likeness (QED) is 0.228. The Morgan fingerprint density at radius 3 is 2.44 bits per heavy atom. The number of ether oxygens (including phenoxy) is 2. The Hall–Kier alpha value is -0.830. The Kier molecular flexibility index (Phi) is 13.9. The molecule has 0 aliphatic carbocycles. The van der Waals surface area contributed by atoms with Gasteiger partial charge in [-0.3, -0.25) is 4.99 Å². The van der Waals surface area contributed by atoms with E-state index in [1.807, 2.05) is 26.0 Å². The molecule has 0 aromatic heterocycles. The zero-order chi connectivity index (χ0) is 17.8. The van der Waals surface area contributed by atoms with E-state index < -0.39 is 0 Å². The van der Waals surface area contributed by atoms with Crippen LogP contribution in [0.2, 0.25) is 0 Å². The number of rotatable bonds is 10. The van der Waals surface area contributed by atoms with Gasteiger partial charge < -0.3 is 20.1 Å². The highest BCUT2D eigenvalue weighted by Gasteiger charge is 2.12. The summed E-state index contributed by atoms with van der Waals surface area (Å²) in [5.74, 6) is 3.43. The number of nitrogens with zero attached hydrogens (tertiary/aromatic N) is 1. The van der Waals surface area contributed by atoms with Gasteiger partial charge in [-0.25, -0.2) is 0 Å². The van der Waals surface area contributed by atoms with Gasteiger partial charge in [0, 0.05) is 12.3 Å². The van der Waals surface area contributed by atoms with Gasteiger partial charge in [-0.15, -0.1) is 24.0 Å². The fourth-order valence-corrected chi connectivity index (χ4v) is 2.47. The fraction of sp³-hybridized carbons (Fsp3) is 0.611. The maximum atomic E-state index is 5.71. The predicted molar refractivity (Wildman–Crippen MR) is 120 cm³/mol. The first-order valence-corrected chi connectivity index (χ1v) is 9.98. The predicted octanol–water partition coefficient (Wildman–Crippen LogP) is 4.08. The van der Waals surface area contributed by atoms with Gasteiger partial charge in [0.2, 0.25) is 0 Å². The molecule has 1 aromatic rings. The van der Waals surface area contributed by atoms with Crippen LogP contribution in [-0.4, -0.2) is 44.3 Å². The Bertz CT molecular complexity index is 515. The molecule has 7 heteroatoms. The molecule has 1 atom stereocenters. The zero-order valence-corrected chi connectivity index (χ0v) is 19.1. The van der Waals surface area contributed by atoms with Crippen molar-refractivity contribution < 1.29 is 9.47 Å². The van der Waals surface area contributed by atoms with E-state index in [9.17, 15) is 0 Å². The topological polar surface area (TPSA) is 54.9 Å². The Morgan fingerprint density at radius 2 is 1.84 bits per heavy atom. The van der Waals surface area contributed by atoms with Gasteiger partial charge in [-0.05, 0) is 51.6 Å². The van der Waals surface area contributed by atoms with Crippen molar-refractivity contribution in [2.24, 2.45) is 4.99 Å². The monoisotopic (exact) mass is 481 g/mol. The highest BCUT2D eigenvalue weighted by Crippen LogP contribution is 2.30. The second kappa shape index (κ2) is 14.4. The van der Waals surface area contributed by atoms with Crippen LogP contribution in [0.1, 0.15) is 39.3 Å². The van der Waals surface area contributed by atoms with Crippen molar-refractivity contribution in [2.75, 3.05) is 38.3 Å². The molecule has 0 spiro atoms. The van der Waals surface area contributed by atoms with Crippen molar-refractivity contribution in [2.45, 2.75) is 33.7 Å². The minimum absolute atomic E-state index is 0. The van der Waals surface area contributed by atoms with Crippen LogP contribution in [0.5, 0.6) is 11.5 Å². The average molecular weight is 481 g/mol. The standard InChI is InChI=1S/C18H31N3O2S.HI/c1-6-19-18(20-11-12-24-5)21-14(4)15-9-10-16(22-7-2)17(13-15)23-8-3;/h9-10,13-14H,6-8,11-12H2,1-5H3,(H2,19,20,21);1H. The van der Waals surface area contributed by atoms with Gasteiger partial charge in [-0.2, -0.15) is 11.8 Å². The molecular formula is C18H32IN3O2S. The SMILES string of the molecule is CCNC(=NCCSC)NC(C)c1ccc(OCC)c(OCC)c1.I. The van der Waals surface area contributed by atoms with Gasteiger partial charge in [0.05, 0.1) is 25.8 Å². The highest BCUT2D eigenvalue weighted by atomic mass is 127. The number of nitrogens with one attached hydrogen (secondary N) is 2. The van der Waals surface area contributed by atoms with Crippen LogP contribution in [0.4, 0.5) is 0 Å².